The average molecular weight is 214 g/mol. The van der Waals surface area contributed by atoms with Gasteiger partial charge in [0.05, 0.1) is 0 Å². The fourth-order valence-corrected chi connectivity index (χ4v) is 1.83. The summed E-state index contributed by atoms with van der Waals surface area (Å²) in [5.74, 6) is -0.560. The zero-order chi connectivity index (χ0) is 11.2. The quantitative estimate of drug-likeness (QED) is 0.210. The fraction of sp³-hybridized carbons (Fsp3) is 0.250. The largest absolute Gasteiger partial charge is 0.371 e. The van der Waals surface area contributed by atoms with Gasteiger partial charge >= 0.3 is 5.55 Å². The van der Waals surface area contributed by atoms with Crippen LogP contribution < -0.4 is 0 Å². The molecule has 6 heteroatoms. The van der Waals surface area contributed by atoms with E-state index in [0.29, 0.717) is 5.55 Å². The van der Waals surface area contributed by atoms with Crippen molar-refractivity contribution < 1.29 is 18.0 Å². The van der Waals surface area contributed by atoms with Crippen molar-refractivity contribution in [3.05, 3.63) is 30.8 Å². The highest BCUT2D eigenvalue weighted by molar-refractivity contribution is 8.05. The average Bonchev–Trinajstić information content (AvgIpc) is 2.04. The molecule has 5 nitrogen and oxygen atoms in total. The number of Topliss-reactive ketones (excluding diaryl/α,β-unsaturated/α-hetero) is 1. The number of allylic oxidation sites excluding steroid dienone is 1. The molecule has 0 rings (SSSR count). The van der Waals surface area contributed by atoms with Crippen LogP contribution >= 0.6 is 0 Å². The van der Waals surface area contributed by atoms with Crippen LogP contribution in [0, 0.1) is 0 Å². The first kappa shape index (κ1) is 12.5. The third-order valence-corrected chi connectivity index (χ3v) is 2.98. The molecular weight excluding hydrogens is 204 g/mol. The van der Waals surface area contributed by atoms with Crippen LogP contribution in [0.2, 0.25) is 0 Å². The van der Waals surface area contributed by atoms with Gasteiger partial charge in [0.25, 0.3) is 9.84 Å². The topological polar surface area (TPSA) is 87.6 Å². The lowest BCUT2D eigenvalue weighted by atomic mass is 10.2. The van der Waals surface area contributed by atoms with Crippen LogP contribution in [-0.4, -0.2) is 29.8 Å². The Morgan fingerprint density at radius 3 is 2.43 bits per heavy atom. The van der Waals surface area contributed by atoms with E-state index in [9.17, 15) is 13.2 Å². The molecule has 0 saturated heterocycles. The van der Waals surface area contributed by atoms with Gasteiger partial charge in [0.2, 0.25) is 0 Å². The van der Waals surface area contributed by atoms with Gasteiger partial charge in [0.15, 0.2) is 5.78 Å². The minimum atomic E-state index is -3.90. The van der Waals surface area contributed by atoms with E-state index in [-0.39, 0.29) is 6.42 Å². The van der Waals surface area contributed by atoms with Gasteiger partial charge in [-0.1, -0.05) is 12.2 Å². The maximum absolute atomic E-state index is 11.2. The van der Waals surface area contributed by atoms with Gasteiger partial charge in [0, 0.05) is 6.42 Å². The summed E-state index contributed by atoms with van der Waals surface area (Å²) < 4.78 is 22.5. The van der Waals surface area contributed by atoms with Gasteiger partial charge in [-0.05, 0) is 0 Å². The molecule has 0 spiro atoms. The molecule has 0 aliphatic rings. The second-order valence-corrected chi connectivity index (χ2v) is 4.32. The van der Waals surface area contributed by atoms with E-state index in [1.165, 1.54) is 6.08 Å². The standard InChI is InChI=1S/C8H10N2O3S/c1-3-5-7(11)8(4-2)14(12,13)6-10-9/h3-4,6,8H,1-2,5H2. The van der Waals surface area contributed by atoms with E-state index in [1.807, 2.05) is 0 Å². The Balaban J connectivity index is 5.09. The first-order chi connectivity index (χ1) is 6.49. The summed E-state index contributed by atoms with van der Waals surface area (Å²) >= 11 is 0. The number of hydrogen-bond acceptors (Lipinski definition) is 3. The predicted molar refractivity (Wildman–Crippen MR) is 52.4 cm³/mol. The highest BCUT2D eigenvalue weighted by Gasteiger charge is 2.30. The molecule has 0 aliphatic carbocycles. The Kier molecular flexibility index (Phi) is 4.69. The normalized spacial score (nSPS) is 12.3. The summed E-state index contributed by atoms with van der Waals surface area (Å²) in [5.41, 5.74) is 8.40. The molecule has 1 unspecified atom stereocenters. The lowest BCUT2D eigenvalue weighted by molar-refractivity contribution is -0.117. The Labute approximate surface area is 82.3 Å². The molecule has 14 heavy (non-hydrogen) atoms. The Morgan fingerprint density at radius 2 is 2.07 bits per heavy atom. The number of rotatable bonds is 6. The summed E-state index contributed by atoms with van der Waals surface area (Å²) in [4.78, 5) is 13.6. The van der Waals surface area contributed by atoms with Crippen molar-refractivity contribution in [1.29, 1.82) is 0 Å². The zero-order valence-electron chi connectivity index (χ0n) is 7.46. The third-order valence-electron chi connectivity index (χ3n) is 1.42. The van der Waals surface area contributed by atoms with Crippen molar-refractivity contribution in [3.8, 4) is 0 Å². The monoisotopic (exact) mass is 214 g/mol. The van der Waals surface area contributed by atoms with Crippen molar-refractivity contribution in [1.82, 2.24) is 0 Å². The van der Waals surface area contributed by atoms with Crippen molar-refractivity contribution in [2.24, 2.45) is 0 Å². The van der Waals surface area contributed by atoms with Crippen LogP contribution in [0.3, 0.4) is 0 Å². The molecule has 1 atom stereocenters. The first-order valence-corrected chi connectivity index (χ1v) is 5.28. The minimum Gasteiger partial charge on any atom is -0.361 e. The summed E-state index contributed by atoms with van der Waals surface area (Å²) in [7, 11) is -3.90. The first-order valence-electron chi connectivity index (χ1n) is 3.67. The number of ketones is 1. The Morgan fingerprint density at radius 1 is 1.50 bits per heavy atom. The van der Waals surface area contributed by atoms with Crippen molar-refractivity contribution in [3.63, 3.8) is 0 Å². The lowest BCUT2D eigenvalue weighted by Gasteiger charge is -2.04. The number of hydrogen-bond donors (Lipinski definition) is 0. The molecule has 0 saturated carbocycles. The van der Waals surface area contributed by atoms with Crippen LogP contribution in [0.15, 0.2) is 25.3 Å². The second kappa shape index (κ2) is 5.26. The highest BCUT2D eigenvalue weighted by atomic mass is 32.2. The molecule has 0 aromatic rings. The Bertz CT molecular complexity index is 391. The van der Waals surface area contributed by atoms with E-state index in [0.717, 1.165) is 6.08 Å². The number of sulfone groups is 1. The van der Waals surface area contributed by atoms with Gasteiger partial charge in [-0.15, -0.1) is 13.2 Å². The zero-order valence-corrected chi connectivity index (χ0v) is 8.27. The minimum absolute atomic E-state index is 0.0742. The van der Waals surface area contributed by atoms with E-state index >= 15 is 0 Å². The molecule has 0 aromatic heterocycles. The van der Waals surface area contributed by atoms with Gasteiger partial charge in [0.1, 0.15) is 5.25 Å². The van der Waals surface area contributed by atoms with E-state index < -0.39 is 20.9 Å². The van der Waals surface area contributed by atoms with Gasteiger partial charge < -0.3 is 5.53 Å². The predicted octanol–water partition coefficient (Wildman–Crippen LogP) is 0.359. The van der Waals surface area contributed by atoms with Gasteiger partial charge in [-0.25, -0.2) is 8.42 Å². The molecular formula is C8H10N2O3S. The second-order valence-electron chi connectivity index (χ2n) is 2.43. The molecule has 0 aliphatic heterocycles. The summed E-state index contributed by atoms with van der Waals surface area (Å²) in [5, 5.41) is -1.38. The highest BCUT2D eigenvalue weighted by Crippen LogP contribution is 2.05. The maximum atomic E-state index is 11.2. The maximum Gasteiger partial charge on any atom is 0.371 e. The van der Waals surface area contributed by atoms with Crippen LogP contribution in [0.1, 0.15) is 6.42 Å². The Hall–Kier alpha value is -1.52. The van der Waals surface area contributed by atoms with Crippen LogP contribution in [0.5, 0.6) is 0 Å². The van der Waals surface area contributed by atoms with Gasteiger partial charge in [-0.3, -0.25) is 4.79 Å². The lowest BCUT2D eigenvalue weighted by Crippen LogP contribution is -2.28. The van der Waals surface area contributed by atoms with Crippen molar-refractivity contribution in [2.75, 3.05) is 0 Å². The molecule has 0 amide bonds. The van der Waals surface area contributed by atoms with Gasteiger partial charge in [-0.2, -0.15) is 4.79 Å². The number of carbonyl (C=O) groups is 1. The van der Waals surface area contributed by atoms with E-state index in [4.69, 9.17) is 5.53 Å². The molecule has 0 N–H and O–H groups in total. The molecule has 0 radical (unpaired) electrons. The van der Waals surface area contributed by atoms with Crippen LogP contribution in [0.25, 0.3) is 5.53 Å². The number of carbonyl (C=O) groups excluding carboxylic acids is 1. The smallest absolute Gasteiger partial charge is 0.361 e. The summed E-state index contributed by atoms with van der Waals surface area (Å²) in [6.45, 7) is 6.55. The molecule has 0 bridgehead atoms. The van der Waals surface area contributed by atoms with Crippen molar-refractivity contribution >= 4 is 21.2 Å². The molecule has 76 valence electrons. The molecule has 0 fully saturated rings. The summed E-state index contributed by atoms with van der Waals surface area (Å²) in [6, 6.07) is 0. The van der Waals surface area contributed by atoms with Crippen LogP contribution in [0.4, 0.5) is 0 Å². The SMILES string of the molecule is C=CCC(=O)C(C=C)S(=O)(=O)C=[N+]=[N-]. The fourth-order valence-electron chi connectivity index (χ4n) is 0.838. The summed E-state index contributed by atoms with van der Waals surface area (Å²) in [6.07, 6.45) is 2.21. The van der Waals surface area contributed by atoms with E-state index in [2.05, 4.69) is 17.9 Å². The third kappa shape index (κ3) is 3.08. The molecule has 0 heterocycles. The number of nitrogens with zero attached hydrogens (tertiary/aromatic N) is 2. The van der Waals surface area contributed by atoms with Crippen molar-refractivity contribution in [2.45, 2.75) is 11.7 Å². The van der Waals surface area contributed by atoms with E-state index in [1.54, 1.807) is 0 Å². The molecule has 0 aromatic carbocycles. The van der Waals surface area contributed by atoms with Crippen LogP contribution in [-0.2, 0) is 14.6 Å².